The third-order valence-electron chi connectivity index (χ3n) is 3.43. The molecule has 0 aliphatic carbocycles. The van der Waals surface area contributed by atoms with Crippen LogP contribution in [0.2, 0.25) is 0 Å². The van der Waals surface area contributed by atoms with Crippen molar-refractivity contribution in [1.82, 2.24) is 10.2 Å². The molecule has 0 aliphatic heterocycles. The Bertz CT molecular complexity index is 175. The Hall–Kier alpha value is -0.120. The first-order chi connectivity index (χ1) is 8.34. The molecule has 0 aromatic carbocycles. The van der Waals surface area contributed by atoms with E-state index in [-0.39, 0.29) is 0 Å². The fourth-order valence-corrected chi connectivity index (χ4v) is 1.84. The van der Waals surface area contributed by atoms with E-state index < -0.39 is 0 Å². The first-order valence-electron chi connectivity index (χ1n) is 7.37. The van der Waals surface area contributed by atoms with Crippen molar-refractivity contribution in [3.8, 4) is 0 Å². The molecule has 0 saturated heterocycles. The third kappa shape index (κ3) is 8.90. The molecule has 2 unspecified atom stereocenters. The number of nitrogens with zero attached hydrogens (tertiary/aromatic N) is 1. The van der Waals surface area contributed by atoms with E-state index in [1.807, 2.05) is 0 Å². The summed E-state index contributed by atoms with van der Waals surface area (Å²) >= 11 is 0. The predicted molar refractivity (Wildman–Crippen MR) is 80.1 cm³/mol. The van der Waals surface area contributed by atoms with Crippen LogP contribution in [0, 0.1) is 11.8 Å². The summed E-state index contributed by atoms with van der Waals surface area (Å²) in [7, 11) is 2.19. The minimum atomic E-state index is 0.332. The van der Waals surface area contributed by atoms with E-state index in [0.29, 0.717) is 18.1 Å². The van der Waals surface area contributed by atoms with Crippen LogP contribution in [-0.4, -0.2) is 50.3 Å². The Morgan fingerprint density at radius 1 is 1.00 bits per heavy atom. The number of likely N-dealkylation sites (N-methyl/N-ethyl adjacent to an activating group) is 1. The van der Waals surface area contributed by atoms with Crippen molar-refractivity contribution in [2.75, 3.05) is 33.3 Å². The molecule has 0 rings (SSSR count). The molecule has 0 aliphatic rings. The molecule has 18 heavy (non-hydrogen) atoms. The highest BCUT2D eigenvalue weighted by atomic mass is 16.5. The standard InChI is InChI=1S/C15H34N2O/c1-12(2)10-16-11-14(5)15(6)17(7)8-9-18-13(3)4/h12-16H,8-11H2,1-7H3. The number of nitrogens with one attached hydrogen (secondary N) is 1. The normalized spacial score (nSPS) is 15.7. The highest BCUT2D eigenvalue weighted by Gasteiger charge is 2.16. The summed E-state index contributed by atoms with van der Waals surface area (Å²) in [5.74, 6) is 1.39. The summed E-state index contributed by atoms with van der Waals surface area (Å²) in [5, 5.41) is 3.54. The van der Waals surface area contributed by atoms with Crippen molar-refractivity contribution in [1.29, 1.82) is 0 Å². The van der Waals surface area contributed by atoms with Gasteiger partial charge in [-0.1, -0.05) is 20.8 Å². The highest BCUT2D eigenvalue weighted by molar-refractivity contribution is 4.72. The van der Waals surface area contributed by atoms with E-state index in [1.54, 1.807) is 0 Å². The Kier molecular flexibility index (Phi) is 9.70. The van der Waals surface area contributed by atoms with E-state index in [1.165, 1.54) is 0 Å². The summed E-state index contributed by atoms with van der Waals surface area (Å²) in [6, 6.07) is 0.584. The summed E-state index contributed by atoms with van der Waals surface area (Å²) in [4.78, 5) is 2.39. The monoisotopic (exact) mass is 258 g/mol. The predicted octanol–water partition coefficient (Wildman–Crippen LogP) is 2.61. The lowest BCUT2D eigenvalue weighted by Crippen LogP contribution is -2.41. The van der Waals surface area contributed by atoms with Crippen molar-refractivity contribution in [2.24, 2.45) is 11.8 Å². The maximum Gasteiger partial charge on any atom is 0.0596 e. The van der Waals surface area contributed by atoms with Gasteiger partial charge in [0.05, 0.1) is 12.7 Å². The van der Waals surface area contributed by atoms with Gasteiger partial charge in [0.25, 0.3) is 0 Å². The molecule has 110 valence electrons. The Morgan fingerprint density at radius 2 is 1.61 bits per heavy atom. The molecular weight excluding hydrogens is 224 g/mol. The topological polar surface area (TPSA) is 24.5 Å². The smallest absolute Gasteiger partial charge is 0.0596 e. The summed E-state index contributed by atoms with van der Waals surface area (Å²) < 4.78 is 5.60. The number of ether oxygens (including phenoxy) is 1. The Balaban J connectivity index is 3.78. The Morgan fingerprint density at radius 3 is 2.11 bits per heavy atom. The minimum Gasteiger partial charge on any atom is -0.377 e. The number of rotatable bonds is 10. The molecule has 0 bridgehead atoms. The van der Waals surface area contributed by atoms with E-state index in [9.17, 15) is 0 Å². The Labute approximate surface area is 114 Å². The lowest BCUT2D eigenvalue weighted by atomic mass is 10.0. The van der Waals surface area contributed by atoms with Crippen LogP contribution in [0.25, 0.3) is 0 Å². The van der Waals surface area contributed by atoms with Gasteiger partial charge in [-0.25, -0.2) is 0 Å². The van der Waals surface area contributed by atoms with Gasteiger partial charge in [-0.05, 0) is 52.7 Å². The van der Waals surface area contributed by atoms with E-state index >= 15 is 0 Å². The lowest BCUT2D eigenvalue weighted by Gasteiger charge is -2.30. The molecule has 0 aromatic heterocycles. The van der Waals surface area contributed by atoms with Gasteiger partial charge in [-0.2, -0.15) is 0 Å². The fraction of sp³-hybridized carbons (Fsp3) is 1.00. The van der Waals surface area contributed by atoms with Gasteiger partial charge >= 0.3 is 0 Å². The second-order valence-corrected chi connectivity index (χ2v) is 6.17. The zero-order valence-corrected chi connectivity index (χ0v) is 13.5. The summed E-state index contributed by atoms with van der Waals surface area (Å²) in [6.07, 6.45) is 0.332. The third-order valence-corrected chi connectivity index (χ3v) is 3.43. The lowest BCUT2D eigenvalue weighted by molar-refractivity contribution is 0.0519. The summed E-state index contributed by atoms with van der Waals surface area (Å²) in [6.45, 7) is 17.3. The molecule has 2 atom stereocenters. The molecule has 0 radical (unpaired) electrons. The van der Waals surface area contributed by atoms with Crippen molar-refractivity contribution in [3.05, 3.63) is 0 Å². The van der Waals surface area contributed by atoms with Crippen LogP contribution in [0.1, 0.15) is 41.5 Å². The quantitative estimate of drug-likeness (QED) is 0.652. The highest BCUT2D eigenvalue weighted by Crippen LogP contribution is 2.08. The first-order valence-corrected chi connectivity index (χ1v) is 7.37. The molecule has 0 fully saturated rings. The first kappa shape index (κ1) is 17.9. The number of hydrogen-bond donors (Lipinski definition) is 1. The van der Waals surface area contributed by atoms with Crippen LogP contribution < -0.4 is 5.32 Å². The van der Waals surface area contributed by atoms with Crippen molar-refractivity contribution >= 4 is 0 Å². The number of hydrogen-bond acceptors (Lipinski definition) is 3. The fourth-order valence-electron chi connectivity index (χ4n) is 1.84. The van der Waals surface area contributed by atoms with Gasteiger partial charge in [0.15, 0.2) is 0 Å². The van der Waals surface area contributed by atoms with Gasteiger partial charge in [0, 0.05) is 12.6 Å². The average molecular weight is 258 g/mol. The second kappa shape index (κ2) is 9.76. The zero-order chi connectivity index (χ0) is 14.1. The van der Waals surface area contributed by atoms with Gasteiger partial charge in [0.2, 0.25) is 0 Å². The van der Waals surface area contributed by atoms with Crippen LogP contribution >= 0.6 is 0 Å². The maximum absolute atomic E-state index is 5.60. The van der Waals surface area contributed by atoms with E-state index in [4.69, 9.17) is 4.74 Å². The van der Waals surface area contributed by atoms with Crippen LogP contribution in [0.15, 0.2) is 0 Å². The van der Waals surface area contributed by atoms with Gasteiger partial charge in [0.1, 0.15) is 0 Å². The van der Waals surface area contributed by atoms with E-state index in [0.717, 1.165) is 32.2 Å². The second-order valence-electron chi connectivity index (χ2n) is 6.17. The van der Waals surface area contributed by atoms with Crippen molar-refractivity contribution in [2.45, 2.75) is 53.7 Å². The molecule has 3 nitrogen and oxygen atoms in total. The molecule has 0 aromatic rings. The molecule has 0 heterocycles. The van der Waals surface area contributed by atoms with Crippen LogP contribution in [0.4, 0.5) is 0 Å². The van der Waals surface area contributed by atoms with Gasteiger partial charge < -0.3 is 15.0 Å². The molecule has 1 N–H and O–H groups in total. The molecule has 3 heteroatoms. The van der Waals surface area contributed by atoms with Crippen molar-refractivity contribution in [3.63, 3.8) is 0 Å². The van der Waals surface area contributed by atoms with Gasteiger partial charge in [-0.3, -0.25) is 0 Å². The summed E-state index contributed by atoms with van der Waals surface area (Å²) in [5.41, 5.74) is 0. The van der Waals surface area contributed by atoms with Crippen LogP contribution in [0.3, 0.4) is 0 Å². The van der Waals surface area contributed by atoms with Crippen LogP contribution in [-0.2, 0) is 4.74 Å². The van der Waals surface area contributed by atoms with E-state index in [2.05, 4.69) is 58.8 Å². The zero-order valence-electron chi connectivity index (χ0n) is 13.5. The SMILES string of the molecule is CC(C)CNCC(C)C(C)N(C)CCOC(C)C. The average Bonchev–Trinajstić information content (AvgIpc) is 2.26. The molecule has 0 amide bonds. The molecule has 0 spiro atoms. The van der Waals surface area contributed by atoms with Gasteiger partial charge in [-0.15, -0.1) is 0 Å². The largest absolute Gasteiger partial charge is 0.377 e. The van der Waals surface area contributed by atoms with Crippen molar-refractivity contribution < 1.29 is 4.74 Å². The maximum atomic E-state index is 5.60. The molecule has 0 saturated carbocycles. The minimum absolute atomic E-state index is 0.332. The molecular formula is C15H34N2O. The van der Waals surface area contributed by atoms with Crippen LogP contribution in [0.5, 0.6) is 0 Å².